The highest BCUT2D eigenvalue weighted by molar-refractivity contribution is 5.90. The van der Waals surface area contributed by atoms with Gasteiger partial charge in [0, 0.05) is 24.3 Å². The van der Waals surface area contributed by atoms with Gasteiger partial charge in [-0.25, -0.2) is 4.79 Å². The zero-order valence-electron chi connectivity index (χ0n) is 16.6. The Hall–Kier alpha value is -3.35. The van der Waals surface area contributed by atoms with Crippen LogP contribution in [0, 0.1) is 6.92 Å². The van der Waals surface area contributed by atoms with E-state index in [2.05, 4.69) is 15.5 Å². The summed E-state index contributed by atoms with van der Waals surface area (Å²) < 4.78 is 10.8. The first-order chi connectivity index (χ1) is 14.1. The fourth-order valence-corrected chi connectivity index (χ4v) is 3.55. The number of aromatic nitrogens is 2. The SMILES string of the molecule is COc1cccc(-c2noc([C@H]3CCCN(C(=O)Nc4ccccc4C)C3)n2)c1. The molecule has 1 atom stereocenters. The molecule has 0 radical (unpaired) electrons. The summed E-state index contributed by atoms with van der Waals surface area (Å²) >= 11 is 0. The van der Waals surface area contributed by atoms with Crippen molar-refractivity contribution in [3.8, 4) is 17.1 Å². The molecule has 1 fully saturated rings. The van der Waals surface area contributed by atoms with E-state index in [9.17, 15) is 4.79 Å². The molecule has 2 amide bonds. The van der Waals surface area contributed by atoms with E-state index in [-0.39, 0.29) is 11.9 Å². The number of amides is 2. The number of anilines is 1. The first-order valence-electron chi connectivity index (χ1n) is 9.73. The number of nitrogens with one attached hydrogen (secondary N) is 1. The Labute approximate surface area is 169 Å². The fourth-order valence-electron chi connectivity index (χ4n) is 3.55. The molecular formula is C22H24N4O3. The van der Waals surface area contributed by atoms with E-state index in [1.165, 1.54) is 0 Å². The van der Waals surface area contributed by atoms with E-state index < -0.39 is 0 Å². The molecule has 1 N–H and O–H groups in total. The third-order valence-corrected chi connectivity index (χ3v) is 5.21. The van der Waals surface area contributed by atoms with Gasteiger partial charge in [0.15, 0.2) is 0 Å². The molecule has 2 aromatic carbocycles. The van der Waals surface area contributed by atoms with Crippen molar-refractivity contribution in [1.82, 2.24) is 15.0 Å². The van der Waals surface area contributed by atoms with Gasteiger partial charge in [0.2, 0.25) is 11.7 Å². The van der Waals surface area contributed by atoms with Crippen LogP contribution < -0.4 is 10.1 Å². The molecule has 0 unspecified atom stereocenters. The van der Waals surface area contributed by atoms with Crippen LogP contribution in [0.1, 0.15) is 30.2 Å². The van der Waals surface area contributed by atoms with Crippen molar-refractivity contribution in [3.05, 3.63) is 60.0 Å². The average Bonchev–Trinajstić information content (AvgIpc) is 3.26. The van der Waals surface area contributed by atoms with E-state index in [1.807, 2.05) is 60.4 Å². The van der Waals surface area contributed by atoms with Gasteiger partial charge in [-0.1, -0.05) is 35.5 Å². The number of benzene rings is 2. The van der Waals surface area contributed by atoms with Crippen LogP contribution in [0.3, 0.4) is 0 Å². The molecule has 29 heavy (non-hydrogen) atoms. The summed E-state index contributed by atoms with van der Waals surface area (Å²) in [6.45, 7) is 3.25. The zero-order valence-corrected chi connectivity index (χ0v) is 16.6. The predicted octanol–water partition coefficient (Wildman–Crippen LogP) is 4.47. The Morgan fingerprint density at radius 3 is 2.93 bits per heavy atom. The van der Waals surface area contributed by atoms with Crippen LogP contribution in [0.4, 0.5) is 10.5 Å². The number of hydrogen-bond acceptors (Lipinski definition) is 5. The number of nitrogens with zero attached hydrogens (tertiary/aromatic N) is 3. The van der Waals surface area contributed by atoms with Gasteiger partial charge in [-0.3, -0.25) is 0 Å². The molecule has 3 aromatic rings. The lowest BCUT2D eigenvalue weighted by atomic mass is 9.98. The molecule has 1 saturated heterocycles. The third-order valence-electron chi connectivity index (χ3n) is 5.21. The normalized spacial score (nSPS) is 16.5. The average molecular weight is 392 g/mol. The maximum atomic E-state index is 12.7. The van der Waals surface area contributed by atoms with Gasteiger partial charge in [-0.05, 0) is 43.5 Å². The zero-order chi connectivity index (χ0) is 20.2. The Balaban J connectivity index is 1.45. The number of urea groups is 1. The van der Waals surface area contributed by atoms with Crippen molar-refractivity contribution in [2.75, 3.05) is 25.5 Å². The number of carbonyl (C=O) groups is 1. The summed E-state index contributed by atoms with van der Waals surface area (Å²) in [6.07, 6.45) is 1.80. The largest absolute Gasteiger partial charge is 0.497 e. The quantitative estimate of drug-likeness (QED) is 0.709. The maximum absolute atomic E-state index is 12.7. The molecule has 7 nitrogen and oxygen atoms in total. The summed E-state index contributed by atoms with van der Waals surface area (Å²) in [4.78, 5) is 19.1. The van der Waals surface area contributed by atoms with Crippen LogP contribution in [-0.2, 0) is 0 Å². The van der Waals surface area contributed by atoms with E-state index in [4.69, 9.17) is 9.26 Å². The molecule has 150 valence electrons. The molecule has 0 spiro atoms. The summed E-state index contributed by atoms with van der Waals surface area (Å²) in [5.41, 5.74) is 2.70. The maximum Gasteiger partial charge on any atom is 0.321 e. The first kappa shape index (κ1) is 19.0. The van der Waals surface area contributed by atoms with Crippen molar-refractivity contribution >= 4 is 11.7 Å². The van der Waals surface area contributed by atoms with Gasteiger partial charge < -0.3 is 19.5 Å². The molecule has 0 saturated carbocycles. The van der Waals surface area contributed by atoms with Crippen LogP contribution in [0.5, 0.6) is 5.75 Å². The van der Waals surface area contributed by atoms with Crippen LogP contribution in [0.2, 0.25) is 0 Å². The highest BCUT2D eigenvalue weighted by Crippen LogP contribution is 2.29. The molecular weight excluding hydrogens is 368 g/mol. The Bertz CT molecular complexity index is 1000. The fraction of sp³-hybridized carbons (Fsp3) is 0.318. The number of aryl methyl sites for hydroxylation is 1. The number of methoxy groups -OCH3 is 1. The number of rotatable bonds is 4. The Morgan fingerprint density at radius 1 is 1.24 bits per heavy atom. The molecule has 1 aliphatic heterocycles. The first-order valence-corrected chi connectivity index (χ1v) is 9.73. The summed E-state index contributed by atoms with van der Waals surface area (Å²) in [7, 11) is 1.62. The second kappa shape index (κ2) is 8.34. The number of likely N-dealkylation sites (tertiary alicyclic amines) is 1. The minimum atomic E-state index is -0.100. The van der Waals surface area contributed by atoms with Crippen molar-refractivity contribution < 1.29 is 14.1 Å². The number of carbonyl (C=O) groups excluding carboxylic acids is 1. The van der Waals surface area contributed by atoms with Gasteiger partial charge in [0.05, 0.1) is 13.0 Å². The number of para-hydroxylation sites is 1. The Kier molecular flexibility index (Phi) is 5.46. The van der Waals surface area contributed by atoms with E-state index >= 15 is 0 Å². The topological polar surface area (TPSA) is 80.5 Å². The van der Waals surface area contributed by atoms with Gasteiger partial charge in [-0.15, -0.1) is 0 Å². The van der Waals surface area contributed by atoms with Crippen LogP contribution >= 0.6 is 0 Å². The smallest absolute Gasteiger partial charge is 0.321 e. The summed E-state index contributed by atoms with van der Waals surface area (Å²) in [6, 6.07) is 15.2. The molecule has 4 rings (SSSR count). The lowest BCUT2D eigenvalue weighted by Gasteiger charge is -2.31. The lowest BCUT2D eigenvalue weighted by molar-refractivity contribution is 0.184. The number of hydrogen-bond donors (Lipinski definition) is 1. The van der Waals surface area contributed by atoms with Crippen LogP contribution in [-0.4, -0.2) is 41.3 Å². The van der Waals surface area contributed by atoms with Gasteiger partial charge in [0.1, 0.15) is 5.75 Å². The molecule has 1 aliphatic rings. The third kappa shape index (κ3) is 4.23. The second-order valence-electron chi connectivity index (χ2n) is 7.22. The minimum absolute atomic E-state index is 0.0261. The highest BCUT2D eigenvalue weighted by atomic mass is 16.5. The standard InChI is InChI=1S/C22H24N4O3/c1-15-7-3-4-11-19(15)23-22(27)26-12-6-9-17(14-26)21-24-20(25-29-21)16-8-5-10-18(13-16)28-2/h3-5,7-8,10-11,13,17H,6,9,12,14H2,1-2H3,(H,23,27)/t17-/m0/s1. The van der Waals surface area contributed by atoms with Crippen molar-refractivity contribution in [2.45, 2.75) is 25.7 Å². The molecule has 2 heterocycles. The van der Waals surface area contributed by atoms with Crippen molar-refractivity contribution in [3.63, 3.8) is 0 Å². The molecule has 1 aromatic heterocycles. The van der Waals surface area contributed by atoms with Gasteiger partial charge >= 0.3 is 6.03 Å². The predicted molar refractivity (Wildman–Crippen MR) is 110 cm³/mol. The van der Waals surface area contributed by atoms with Crippen LogP contribution in [0.15, 0.2) is 53.1 Å². The second-order valence-corrected chi connectivity index (χ2v) is 7.22. The van der Waals surface area contributed by atoms with Gasteiger partial charge in [-0.2, -0.15) is 4.98 Å². The Morgan fingerprint density at radius 2 is 2.10 bits per heavy atom. The van der Waals surface area contributed by atoms with Crippen LogP contribution in [0.25, 0.3) is 11.4 Å². The molecule has 0 aliphatic carbocycles. The number of piperidine rings is 1. The highest BCUT2D eigenvalue weighted by Gasteiger charge is 2.29. The summed E-state index contributed by atoms with van der Waals surface area (Å²) in [5.74, 6) is 1.86. The molecule has 0 bridgehead atoms. The van der Waals surface area contributed by atoms with E-state index in [0.717, 1.165) is 35.4 Å². The van der Waals surface area contributed by atoms with E-state index in [1.54, 1.807) is 7.11 Å². The van der Waals surface area contributed by atoms with Gasteiger partial charge in [0.25, 0.3) is 0 Å². The number of ether oxygens (including phenoxy) is 1. The van der Waals surface area contributed by atoms with E-state index in [0.29, 0.717) is 24.8 Å². The van der Waals surface area contributed by atoms with Crippen molar-refractivity contribution in [1.29, 1.82) is 0 Å². The minimum Gasteiger partial charge on any atom is -0.497 e. The summed E-state index contributed by atoms with van der Waals surface area (Å²) in [5, 5.41) is 7.13. The lowest BCUT2D eigenvalue weighted by Crippen LogP contribution is -2.41. The monoisotopic (exact) mass is 392 g/mol. The van der Waals surface area contributed by atoms with Crippen molar-refractivity contribution in [2.24, 2.45) is 0 Å². The molecule has 7 heteroatoms.